The summed E-state index contributed by atoms with van der Waals surface area (Å²) in [4.78, 5) is 10.6. The Morgan fingerprint density at radius 2 is 2.13 bits per heavy atom. The Kier molecular flexibility index (Phi) is 5.09. The number of rotatable bonds is 5. The van der Waals surface area contributed by atoms with Gasteiger partial charge >= 0.3 is 5.97 Å². The molecule has 0 amide bonds. The number of hydrogen-bond acceptors (Lipinski definition) is 2. The largest absolute Gasteiger partial charge is 0.480 e. The summed E-state index contributed by atoms with van der Waals surface area (Å²) in [7, 11) is 0. The van der Waals surface area contributed by atoms with Crippen molar-refractivity contribution in [1.82, 2.24) is 5.32 Å². The lowest BCUT2D eigenvalue weighted by Gasteiger charge is -2.29. The zero-order chi connectivity index (χ0) is 11.3. The van der Waals surface area contributed by atoms with Crippen LogP contribution in [0.25, 0.3) is 0 Å². The second kappa shape index (κ2) is 6.11. The van der Waals surface area contributed by atoms with E-state index in [1.54, 1.807) is 6.92 Å². The molecule has 0 spiro atoms. The van der Waals surface area contributed by atoms with Crippen molar-refractivity contribution in [1.29, 1.82) is 0 Å². The van der Waals surface area contributed by atoms with Gasteiger partial charge in [0.05, 0.1) is 0 Å². The Bertz CT molecular complexity index is 206. The predicted molar refractivity (Wildman–Crippen MR) is 60.8 cm³/mol. The number of carbonyl (C=O) groups is 1. The second-order valence-corrected chi connectivity index (χ2v) is 4.78. The number of carboxylic acids is 1. The van der Waals surface area contributed by atoms with Gasteiger partial charge in [0.25, 0.3) is 0 Å². The minimum absolute atomic E-state index is 0.410. The van der Waals surface area contributed by atoms with Crippen LogP contribution in [0.5, 0.6) is 0 Å². The van der Waals surface area contributed by atoms with E-state index in [1.165, 1.54) is 32.1 Å². The molecule has 1 fully saturated rings. The monoisotopic (exact) mass is 213 g/mol. The summed E-state index contributed by atoms with van der Waals surface area (Å²) in [6, 6.07) is -0.410. The highest BCUT2D eigenvalue weighted by Crippen LogP contribution is 2.30. The molecule has 0 aromatic carbocycles. The standard InChI is InChI=1S/C12H23NO2/c1-3-10-5-4-6-11(7-10)8-13-9(2)12(14)15/h9-11,13H,3-8H2,1-2H3,(H,14,15)/t9-,10?,11?/m0/s1. The van der Waals surface area contributed by atoms with Crippen LogP contribution in [0.3, 0.4) is 0 Å². The molecule has 1 aliphatic carbocycles. The van der Waals surface area contributed by atoms with Gasteiger partial charge in [0.2, 0.25) is 0 Å². The highest BCUT2D eigenvalue weighted by atomic mass is 16.4. The van der Waals surface area contributed by atoms with Crippen LogP contribution < -0.4 is 5.32 Å². The fourth-order valence-electron chi connectivity index (χ4n) is 2.39. The zero-order valence-electron chi connectivity index (χ0n) is 9.83. The van der Waals surface area contributed by atoms with E-state index in [0.29, 0.717) is 5.92 Å². The topological polar surface area (TPSA) is 49.3 Å². The van der Waals surface area contributed by atoms with Gasteiger partial charge in [-0.05, 0) is 38.1 Å². The smallest absolute Gasteiger partial charge is 0.320 e. The fourth-order valence-corrected chi connectivity index (χ4v) is 2.39. The van der Waals surface area contributed by atoms with Crippen molar-refractivity contribution in [3.8, 4) is 0 Å². The van der Waals surface area contributed by atoms with E-state index in [9.17, 15) is 4.79 Å². The summed E-state index contributed by atoms with van der Waals surface area (Å²) in [5.74, 6) is 0.800. The number of nitrogens with one attached hydrogen (secondary N) is 1. The predicted octanol–water partition coefficient (Wildman–Crippen LogP) is 2.27. The molecule has 3 heteroatoms. The van der Waals surface area contributed by atoms with Crippen molar-refractivity contribution < 1.29 is 9.90 Å². The Morgan fingerprint density at radius 3 is 2.73 bits per heavy atom. The second-order valence-electron chi connectivity index (χ2n) is 4.78. The minimum Gasteiger partial charge on any atom is -0.480 e. The molecule has 0 aromatic heterocycles. The van der Waals surface area contributed by atoms with Crippen LogP contribution in [0, 0.1) is 11.8 Å². The third-order valence-corrected chi connectivity index (χ3v) is 3.55. The quantitative estimate of drug-likeness (QED) is 0.736. The molecule has 0 radical (unpaired) electrons. The number of carboxylic acid groups (broad SMARTS) is 1. The molecule has 0 aliphatic heterocycles. The Morgan fingerprint density at radius 1 is 1.47 bits per heavy atom. The SMILES string of the molecule is CCC1CCCC(CN[C@@H](C)C(=O)O)C1. The third-order valence-electron chi connectivity index (χ3n) is 3.55. The van der Waals surface area contributed by atoms with Gasteiger partial charge in [-0.1, -0.05) is 26.2 Å². The van der Waals surface area contributed by atoms with Gasteiger partial charge in [-0.25, -0.2) is 0 Å². The van der Waals surface area contributed by atoms with Gasteiger partial charge in [-0.3, -0.25) is 4.79 Å². The van der Waals surface area contributed by atoms with Crippen LogP contribution >= 0.6 is 0 Å². The Balaban J connectivity index is 2.23. The fraction of sp³-hybridized carbons (Fsp3) is 0.917. The van der Waals surface area contributed by atoms with Crippen molar-refractivity contribution in [3.05, 3.63) is 0 Å². The molecule has 2 N–H and O–H groups in total. The van der Waals surface area contributed by atoms with Crippen molar-refractivity contribution in [2.24, 2.45) is 11.8 Å². The first kappa shape index (κ1) is 12.5. The van der Waals surface area contributed by atoms with Crippen molar-refractivity contribution >= 4 is 5.97 Å². The van der Waals surface area contributed by atoms with Gasteiger partial charge in [-0.15, -0.1) is 0 Å². The number of hydrogen-bond donors (Lipinski definition) is 2. The van der Waals surface area contributed by atoms with E-state index in [4.69, 9.17) is 5.11 Å². The molecule has 0 saturated heterocycles. The summed E-state index contributed by atoms with van der Waals surface area (Å²) in [5, 5.41) is 11.8. The normalized spacial score (nSPS) is 28.7. The first-order chi connectivity index (χ1) is 7.13. The zero-order valence-corrected chi connectivity index (χ0v) is 9.83. The summed E-state index contributed by atoms with van der Waals surface area (Å²) < 4.78 is 0. The summed E-state index contributed by atoms with van der Waals surface area (Å²) in [6.07, 6.45) is 6.48. The van der Waals surface area contributed by atoms with E-state index >= 15 is 0 Å². The Labute approximate surface area is 92.3 Å². The molecule has 15 heavy (non-hydrogen) atoms. The van der Waals surface area contributed by atoms with Crippen LogP contribution in [-0.4, -0.2) is 23.7 Å². The van der Waals surface area contributed by atoms with Crippen LogP contribution in [0.15, 0.2) is 0 Å². The van der Waals surface area contributed by atoms with E-state index in [0.717, 1.165) is 12.5 Å². The summed E-state index contributed by atoms with van der Waals surface area (Å²) in [6.45, 7) is 4.83. The lowest BCUT2D eigenvalue weighted by atomic mass is 9.80. The van der Waals surface area contributed by atoms with Crippen molar-refractivity contribution in [3.63, 3.8) is 0 Å². The molecular weight excluding hydrogens is 190 g/mol. The van der Waals surface area contributed by atoms with Crippen LogP contribution in [0.4, 0.5) is 0 Å². The molecule has 0 heterocycles. The van der Waals surface area contributed by atoms with Gasteiger partial charge in [0.15, 0.2) is 0 Å². The molecule has 3 nitrogen and oxygen atoms in total. The van der Waals surface area contributed by atoms with E-state index in [2.05, 4.69) is 12.2 Å². The average molecular weight is 213 g/mol. The first-order valence-corrected chi connectivity index (χ1v) is 6.09. The molecule has 0 aromatic rings. The maximum atomic E-state index is 10.6. The molecule has 3 atom stereocenters. The first-order valence-electron chi connectivity index (χ1n) is 6.09. The lowest BCUT2D eigenvalue weighted by Crippen LogP contribution is -2.38. The van der Waals surface area contributed by atoms with Crippen molar-refractivity contribution in [2.45, 2.75) is 52.0 Å². The van der Waals surface area contributed by atoms with Crippen LogP contribution in [0.1, 0.15) is 46.0 Å². The van der Waals surface area contributed by atoms with Crippen LogP contribution in [-0.2, 0) is 4.79 Å². The molecule has 88 valence electrons. The number of aliphatic carboxylic acids is 1. The van der Waals surface area contributed by atoms with Gasteiger partial charge in [0.1, 0.15) is 6.04 Å². The summed E-state index contributed by atoms with van der Waals surface area (Å²) >= 11 is 0. The van der Waals surface area contributed by atoms with Crippen LogP contribution in [0.2, 0.25) is 0 Å². The summed E-state index contributed by atoms with van der Waals surface area (Å²) in [5.41, 5.74) is 0. The molecule has 1 saturated carbocycles. The molecule has 0 bridgehead atoms. The van der Waals surface area contributed by atoms with Gasteiger partial charge in [-0.2, -0.15) is 0 Å². The average Bonchev–Trinajstić information content (AvgIpc) is 2.26. The third kappa shape index (κ3) is 4.20. The van der Waals surface area contributed by atoms with Crippen molar-refractivity contribution in [2.75, 3.05) is 6.54 Å². The van der Waals surface area contributed by atoms with Gasteiger partial charge in [0, 0.05) is 0 Å². The molecule has 1 rings (SSSR count). The Hall–Kier alpha value is -0.570. The highest BCUT2D eigenvalue weighted by Gasteiger charge is 2.21. The maximum Gasteiger partial charge on any atom is 0.320 e. The van der Waals surface area contributed by atoms with E-state index in [1.807, 2.05) is 0 Å². The maximum absolute atomic E-state index is 10.6. The lowest BCUT2D eigenvalue weighted by molar-refractivity contribution is -0.139. The molecular formula is C12H23NO2. The minimum atomic E-state index is -0.752. The van der Waals surface area contributed by atoms with E-state index < -0.39 is 12.0 Å². The molecule has 1 aliphatic rings. The van der Waals surface area contributed by atoms with E-state index in [-0.39, 0.29) is 0 Å². The highest BCUT2D eigenvalue weighted by molar-refractivity contribution is 5.72. The molecule has 2 unspecified atom stereocenters. The van der Waals surface area contributed by atoms with Gasteiger partial charge < -0.3 is 10.4 Å².